The van der Waals surface area contributed by atoms with Crippen LogP contribution in [0.2, 0.25) is 0 Å². The van der Waals surface area contributed by atoms with Gasteiger partial charge in [-0.15, -0.1) is 0 Å². The molecule has 2 unspecified atom stereocenters. The zero-order valence-corrected chi connectivity index (χ0v) is 27.3. The summed E-state index contributed by atoms with van der Waals surface area (Å²) in [6.45, 7) is 4.98. The smallest absolute Gasteiger partial charge is 0.227 e. The number of piperazine rings is 1. The molecule has 3 aromatic rings. The average Bonchev–Trinajstić information content (AvgIpc) is 3.07. The normalized spacial score (nSPS) is 17.4. The zero-order valence-electron chi connectivity index (χ0n) is 27.3. The largest absolute Gasteiger partial charge is 0.496 e. The number of fused-ring (bicyclic) bond motifs is 2. The molecule has 46 heavy (non-hydrogen) atoms. The Morgan fingerprint density at radius 1 is 0.891 bits per heavy atom. The fourth-order valence-corrected chi connectivity index (χ4v) is 6.24. The molecule has 0 saturated carbocycles. The van der Waals surface area contributed by atoms with Crippen molar-refractivity contribution in [3.8, 4) is 17.2 Å². The summed E-state index contributed by atoms with van der Waals surface area (Å²) in [4.78, 5) is 29.4. The number of carbonyl (C=O) groups excluding carboxylic acids is 2. The Bertz CT molecular complexity index is 1520. The molecule has 3 aromatic carbocycles. The van der Waals surface area contributed by atoms with Crippen LogP contribution in [0.4, 0.5) is 0 Å². The molecular weight excluding hydrogens is 582 g/mol. The van der Waals surface area contributed by atoms with Crippen LogP contribution in [0.15, 0.2) is 78.4 Å². The maximum absolute atomic E-state index is 13.4. The second-order valence-electron chi connectivity index (χ2n) is 11.9. The van der Waals surface area contributed by atoms with Crippen molar-refractivity contribution < 1.29 is 28.5 Å². The van der Waals surface area contributed by atoms with E-state index in [1.165, 1.54) is 5.57 Å². The molecule has 2 atom stereocenters. The van der Waals surface area contributed by atoms with Crippen molar-refractivity contribution in [2.45, 2.75) is 44.9 Å². The summed E-state index contributed by atoms with van der Waals surface area (Å²) in [5.41, 5.74) is 5.36. The summed E-state index contributed by atoms with van der Waals surface area (Å²) < 4.78 is 22.7. The van der Waals surface area contributed by atoms with Gasteiger partial charge in [0, 0.05) is 63.2 Å². The number of nitrogens with one attached hydrogen (secondary N) is 1. The summed E-state index contributed by atoms with van der Waals surface area (Å²) >= 11 is 0. The van der Waals surface area contributed by atoms with Gasteiger partial charge in [-0.25, -0.2) is 0 Å². The minimum atomic E-state index is -0.0281. The van der Waals surface area contributed by atoms with E-state index in [0.29, 0.717) is 45.2 Å². The highest BCUT2D eigenvalue weighted by atomic mass is 16.5. The monoisotopic (exact) mass is 627 g/mol. The van der Waals surface area contributed by atoms with Crippen LogP contribution in [0.25, 0.3) is 5.57 Å². The second-order valence-corrected chi connectivity index (χ2v) is 11.9. The molecule has 0 radical (unpaired) electrons. The van der Waals surface area contributed by atoms with E-state index in [9.17, 15) is 9.59 Å². The van der Waals surface area contributed by atoms with Crippen LogP contribution in [-0.2, 0) is 27.4 Å². The number of rotatable bonds is 14. The molecule has 1 saturated heterocycles. The van der Waals surface area contributed by atoms with Gasteiger partial charge in [-0.2, -0.15) is 0 Å². The van der Waals surface area contributed by atoms with Crippen LogP contribution in [-0.4, -0.2) is 87.8 Å². The van der Waals surface area contributed by atoms with Gasteiger partial charge in [0.05, 0.1) is 40.5 Å². The van der Waals surface area contributed by atoms with Gasteiger partial charge < -0.3 is 34.1 Å². The lowest BCUT2D eigenvalue weighted by Gasteiger charge is -2.45. The van der Waals surface area contributed by atoms with Gasteiger partial charge in [-0.3, -0.25) is 9.59 Å². The molecule has 0 aromatic heterocycles. The Hall–Kier alpha value is -4.34. The SMILES string of the molecule is COc1ccccc1COCCCOc1ccc(C2=C(CN(C)C(=O)Cc3ccccc3OC)C3CN(C(C)=O)CC(C2)N3)cc1. The van der Waals surface area contributed by atoms with Gasteiger partial charge in [0.1, 0.15) is 17.2 Å². The molecule has 2 bridgehead atoms. The number of methoxy groups -OCH3 is 2. The lowest BCUT2D eigenvalue weighted by Crippen LogP contribution is -2.61. The molecular formula is C37H45N3O6. The number of para-hydroxylation sites is 2. The van der Waals surface area contributed by atoms with Crippen LogP contribution in [0.5, 0.6) is 17.2 Å². The van der Waals surface area contributed by atoms with Crippen molar-refractivity contribution >= 4 is 17.4 Å². The molecule has 244 valence electrons. The van der Waals surface area contributed by atoms with Crippen LogP contribution in [0, 0.1) is 0 Å². The first kappa shape index (κ1) is 33.0. The third-order valence-corrected chi connectivity index (χ3v) is 8.71. The van der Waals surface area contributed by atoms with Gasteiger partial charge in [-0.05, 0) is 47.4 Å². The number of hydrogen-bond acceptors (Lipinski definition) is 7. The van der Waals surface area contributed by atoms with E-state index >= 15 is 0 Å². The quantitative estimate of drug-likeness (QED) is 0.259. The third kappa shape index (κ3) is 8.27. The summed E-state index contributed by atoms with van der Waals surface area (Å²) in [5, 5.41) is 3.72. The predicted molar refractivity (Wildman–Crippen MR) is 178 cm³/mol. The minimum Gasteiger partial charge on any atom is -0.496 e. The number of likely N-dealkylation sites (N-methyl/N-ethyl adjacent to an activating group) is 1. The summed E-state index contributed by atoms with van der Waals surface area (Å²) in [6, 6.07) is 23.8. The van der Waals surface area contributed by atoms with Crippen molar-refractivity contribution in [1.82, 2.24) is 15.1 Å². The van der Waals surface area contributed by atoms with Crippen molar-refractivity contribution in [3.63, 3.8) is 0 Å². The van der Waals surface area contributed by atoms with Gasteiger partial charge in [-0.1, -0.05) is 48.5 Å². The standard InChI is InChI=1S/C37H45N3O6/c1-26(41)40-22-30-21-32(33(34(24-40)38-30)23-39(2)37(42)20-28-10-5-7-12-35(28)43-3)27-14-16-31(17-15-27)46-19-9-18-45-25-29-11-6-8-13-36(29)44-4/h5-8,10-17,30,34,38H,9,18-25H2,1-4H3. The molecule has 2 aliphatic heterocycles. The molecule has 0 spiro atoms. The van der Waals surface area contributed by atoms with Crippen LogP contribution in [0.1, 0.15) is 36.5 Å². The van der Waals surface area contributed by atoms with Gasteiger partial charge in [0.2, 0.25) is 11.8 Å². The fraction of sp³-hybridized carbons (Fsp3) is 0.405. The van der Waals surface area contributed by atoms with E-state index < -0.39 is 0 Å². The van der Waals surface area contributed by atoms with Gasteiger partial charge >= 0.3 is 0 Å². The number of benzene rings is 3. The Labute approximate surface area is 272 Å². The van der Waals surface area contributed by atoms with E-state index in [1.54, 1.807) is 26.0 Å². The molecule has 1 fully saturated rings. The maximum atomic E-state index is 13.4. The first-order valence-electron chi connectivity index (χ1n) is 15.9. The Morgan fingerprint density at radius 3 is 2.26 bits per heavy atom. The van der Waals surface area contributed by atoms with Crippen molar-refractivity contribution in [2.75, 3.05) is 54.1 Å². The third-order valence-electron chi connectivity index (χ3n) is 8.71. The molecule has 2 aliphatic rings. The molecule has 0 aliphatic carbocycles. The van der Waals surface area contributed by atoms with Crippen LogP contribution < -0.4 is 19.5 Å². The number of hydrogen-bond donors (Lipinski definition) is 1. The molecule has 2 heterocycles. The molecule has 1 N–H and O–H groups in total. The highest BCUT2D eigenvalue weighted by Gasteiger charge is 2.37. The van der Waals surface area contributed by atoms with Crippen LogP contribution in [0.3, 0.4) is 0 Å². The molecule has 5 rings (SSSR count). The number of carbonyl (C=O) groups is 2. The highest BCUT2D eigenvalue weighted by Crippen LogP contribution is 2.34. The number of ether oxygens (including phenoxy) is 4. The second kappa shape index (κ2) is 15.8. The predicted octanol–water partition coefficient (Wildman–Crippen LogP) is 4.74. The molecule has 2 amide bonds. The van der Waals surface area contributed by atoms with E-state index in [2.05, 4.69) is 17.4 Å². The Kier molecular flexibility index (Phi) is 11.3. The number of amides is 2. The lowest BCUT2D eigenvalue weighted by molar-refractivity contribution is -0.131. The van der Waals surface area contributed by atoms with E-state index in [0.717, 1.165) is 46.6 Å². The first-order valence-corrected chi connectivity index (χ1v) is 15.9. The molecule has 9 nitrogen and oxygen atoms in total. The topological polar surface area (TPSA) is 89.6 Å². The summed E-state index contributed by atoms with van der Waals surface area (Å²) in [5.74, 6) is 2.42. The summed E-state index contributed by atoms with van der Waals surface area (Å²) in [6.07, 6.45) is 1.79. The Morgan fingerprint density at radius 2 is 1.57 bits per heavy atom. The molecule has 9 heteroatoms. The maximum Gasteiger partial charge on any atom is 0.227 e. The van der Waals surface area contributed by atoms with Crippen LogP contribution >= 0.6 is 0 Å². The highest BCUT2D eigenvalue weighted by molar-refractivity contribution is 5.81. The van der Waals surface area contributed by atoms with Crippen molar-refractivity contribution in [1.29, 1.82) is 0 Å². The van der Waals surface area contributed by atoms with E-state index in [-0.39, 0.29) is 30.3 Å². The first-order chi connectivity index (χ1) is 22.4. The van der Waals surface area contributed by atoms with E-state index in [1.807, 2.05) is 72.6 Å². The average molecular weight is 628 g/mol. The zero-order chi connectivity index (χ0) is 32.5. The Balaban J connectivity index is 1.23. The lowest BCUT2D eigenvalue weighted by atomic mass is 9.83. The minimum absolute atomic E-state index is 0.00772. The van der Waals surface area contributed by atoms with Gasteiger partial charge in [0.25, 0.3) is 0 Å². The fourth-order valence-electron chi connectivity index (χ4n) is 6.24. The van der Waals surface area contributed by atoms with Gasteiger partial charge in [0.15, 0.2) is 0 Å². The summed E-state index contributed by atoms with van der Waals surface area (Å²) in [7, 11) is 5.13. The van der Waals surface area contributed by atoms with Crippen molar-refractivity contribution in [3.05, 3.63) is 95.1 Å². The van der Waals surface area contributed by atoms with E-state index in [4.69, 9.17) is 18.9 Å². The van der Waals surface area contributed by atoms with Crippen molar-refractivity contribution in [2.24, 2.45) is 0 Å². The number of nitrogens with zero attached hydrogens (tertiary/aromatic N) is 2.